The van der Waals surface area contributed by atoms with E-state index in [1.54, 1.807) is 18.2 Å². The number of hydrogen-bond acceptors (Lipinski definition) is 6. The predicted molar refractivity (Wildman–Crippen MR) is 110 cm³/mol. The molecule has 6 nitrogen and oxygen atoms in total. The van der Waals surface area contributed by atoms with E-state index in [2.05, 4.69) is 10.2 Å². The van der Waals surface area contributed by atoms with Gasteiger partial charge in [-0.05, 0) is 55.3 Å². The number of benzene rings is 2. The molecule has 27 heavy (non-hydrogen) atoms. The maximum atomic E-state index is 12.3. The Kier molecular flexibility index (Phi) is 6.13. The van der Waals surface area contributed by atoms with Gasteiger partial charge in [-0.2, -0.15) is 5.10 Å². The van der Waals surface area contributed by atoms with Gasteiger partial charge < -0.3 is 9.47 Å². The minimum Gasteiger partial charge on any atom is -0.493 e. The minimum absolute atomic E-state index is 0.00212. The smallest absolute Gasteiger partial charge is 0.243 e. The van der Waals surface area contributed by atoms with Crippen molar-refractivity contribution in [3.05, 3.63) is 53.6 Å². The first-order chi connectivity index (χ1) is 13.1. The predicted octanol–water partition coefficient (Wildman–Crippen LogP) is 3.87. The summed E-state index contributed by atoms with van der Waals surface area (Å²) in [7, 11) is 1.60. The van der Waals surface area contributed by atoms with Crippen molar-refractivity contribution in [1.29, 1.82) is 0 Å². The topological polar surface area (TPSA) is 63.5 Å². The molecule has 1 amide bonds. The molecule has 0 aliphatic carbocycles. The highest BCUT2D eigenvalue weighted by Crippen LogP contribution is 2.28. The highest BCUT2D eigenvalue weighted by molar-refractivity contribution is 8.15. The third kappa shape index (κ3) is 4.49. The first-order valence-corrected chi connectivity index (χ1v) is 9.55. The molecule has 1 aliphatic heterocycles. The third-order valence-electron chi connectivity index (χ3n) is 3.86. The molecule has 7 heteroatoms. The van der Waals surface area contributed by atoms with Crippen molar-refractivity contribution in [3.8, 4) is 11.5 Å². The molecule has 1 fully saturated rings. The summed E-state index contributed by atoms with van der Waals surface area (Å²) in [6, 6.07) is 13.3. The van der Waals surface area contributed by atoms with E-state index in [0.717, 1.165) is 16.8 Å². The van der Waals surface area contributed by atoms with Crippen LogP contribution in [0.5, 0.6) is 11.5 Å². The van der Waals surface area contributed by atoms with Crippen molar-refractivity contribution in [2.75, 3.05) is 24.4 Å². The molecule has 1 saturated heterocycles. The van der Waals surface area contributed by atoms with Gasteiger partial charge in [-0.1, -0.05) is 23.9 Å². The fourth-order valence-corrected chi connectivity index (χ4v) is 3.46. The van der Waals surface area contributed by atoms with Gasteiger partial charge in [-0.15, -0.1) is 5.10 Å². The van der Waals surface area contributed by atoms with Gasteiger partial charge in [0.25, 0.3) is 0 Å². The van der Waals surface area contributed by atoms with Crippen LogP contribution in [0, 0.1) is 6.92 Å². The number of aryl methyl sites for hydroxylation is 1. The molecule has 2 aromatic carbocycles. The maximum Gasteiger partial charge on any atom is 0.243 e. The van der Waals surface area contributed by atoms with Crippen LogP contribution >= 0.6 is 11.8 Å². The number of anilines is 1. The molecule has 3 rings (SSSR count). The van der Waals surface area contributed by atoms with Crippen molar-refractivity contribution in [2.45, 2.75) is 13.8 Å². The number of nitrogens with zero attached hydrogens (tertiary/aromatic N) is 3. The zero-order valence-corrected chi connectivity index (χ0v) is 16.3. The molecule has 1 heterocycles. The lowest BCUT2D eigenvalue weighted by Crippen LogP contribution is -2.29. The van der Waals surface area contributed by atoms with E-state index >= 15 is 0 Å². The van der Waals surface area contributed by atoms with Crippen molar-refractivity contribution in [1.82, 2.24) is 0 Å². The summed E-state index contributed by atoms with van der Waals surface area (Å²) in [4.78, 5) is 13.9. The Morgan fingerprint density at radius 1 is 1.22 bits per heavy atom. The van der Waals surface area contributed by atoms with Gasteiger partial charge >= 0.3 is 0 Å². The molecule has 0 atom stereocenters. The summed E-state index contributed by atoms with van der Waals surface area (Å²) >= 11 is 1.38. The highest BCUT2D eigenvalue weighted by Gasteiger charge is 2.29. The largest absolute Gasteiger partial charge is 0.493 e. The van der Waals surface area contributed by atoms with Crippen molar-refractivity contribution in [3.63, 3.8) is 0 Å². The SMILES string of the molecule is CCOc1ccc(/C=N/N=C2\SCC(=O)N2c2cccc(C)c2)cc1OC. The van der Waals surface area contributed by atoms with Gasteiger partial charge in [0.05, 0.1) is 31.4 Å². The van der Waals surface area contributed by atoms with Gasteiger partial charge in [0.1, 0.15) is 0 Å². The molecule has 0 aromatic heterocycles. The summed E-state index contributed by atoms with van der Waals surface area (Å²) in [5.74, 6) is 1.69. The number of rotatable bonds is 6. The van der Waals surface area contributed by atoms with Gasteiger partial charge in [0, 0.05) is 0 Å². The normalized spacial score (nSPS) is 15.7. The highest BCUT2D eigenvalue weighted by atomic mass is 32.2. The van der Waals surface area contributed by atoms with Crippen LogP contribution in [0.25, 0.3) is 0 Å². The zero-order valence-electron chi connectivity index (χ0n) is 15.5. The lowest BCUT2D eigenvalue weighted by molar-refractivity contribution is -0.115. The van der Waals surface area contributed by atoms with Crippen molar-refractivity contribution >= 4 is 34.7 Å². The molecular weight excluding hydrogens is 362 g/mol. The van der Waals surface area contributed by atoms with Crippen LogP contribution in [0.1, 0.15) is 18.1 Å². The van der Waals surface area contributed by atoms with Gasteiger partial charge in [-0.25, -0.2) is 0 Å². The first-order valence-electron chi connectivity index (χ1n) is 8.56. The number of thioether (sulfide) groups is 1. The van der Waals surface area contributed by atoms with E-state index in [4.69, 9.17) is 9.47 Å². The number of carbonyl (C=O) groups excluding carboxylic acids is 1. The average molecular weight is 383 g/mol. The Labute approximate surface area is 162 Å². The fraction of sp³-hybridized carbons (Fsp3) is 0.250. The second-order valence-corrected chi connectivity index (χ2v) is 6.77. The van der Waals surface area contributed by atoms with Crippen LogP contribution in [-0.2, 0) is 4.79 Å². The summed E-state index contributed by atoms with van der Waals surface area (Å²) in [5.41, 5.74) is 2.72. The number of methoxy groups -OCH3 is 1. The Bertz CT molecular complexity index is 896. The average Bonchev–Trinajstić information content (AvgIpc) is 3.03. The van der Waals surface area contributed by atoms with Crippen LogP contribution in [0.3, 0.4) is 0 Å². The van der Waals surface area contributed by atoms with Crippen LogP contribution in [-0.4, -0.2) is 36.8 Å². The Hall–Kier alpha value is -2.80. The van der Waals surface area contributed by atoms with Crippen LogP contribution < -0.4 is 14.4 Å². The van der Waals surface area contributed by atoms with Crippen molar-refractivity contribution in [2.24, 2.45) is 10.2 Å². The van der Waals surface area contributed by atoms with E-state index in [9.17, 15) is 4.79 Å². The quantitative estimate of drug-likeness (QED) is 0.561. The zero-order chi connectivity index (χ0) is 19.2. The standard InChI is InChI=1S/C20H21N3O3S/c1-4-26-17-9-8-15(11-18(17)25-3)12-21-22-20-23(19(24)13-27-20)16-7-5-6-14(2)10-16/h5-12H,4,13H2,1-3H3/b21-12+,22-20-. The number of hydrogen-bond donors (Lipinski definition) is 0. The van der Waals surface area contributed by atoms with Crippen LogP contribution in [0.4, 0.5) is 5.69 Å². The Morgan fingerprint density at radius 3 is 2.81 bits per heavy atom. The number of carbonyl (C=O) groups is 1. The van der Waals surface area contributed by atoms with E-state index < -0.39 is 0 Å². The number of ether oxygens (including phenoxy) is 2. The molecule has 0 radical (unpaired) electrons. The Balaban J connectivity index is 1.81. The molecule has 0 saturated carbocycles. The molecule has 1 aliphatic rings. The van der Waals surface area contributed by atoms with Gasteiger partial charge in [0.2, 0.25) is 5.91 Å². The second kappa shape index (κ2) is 8.73. The summed E-state index contributed by atoms with van der Waals surface area (Å²) in [6.45, 7) is 4.48. The van der Waals surface area contributed by atoms with E-state index in [1.165, 1.54) is 11.8 Å². The number of amides is 1. The van der Waals surface area contributed by atoms with Gasteiger partial charge in [-0.3, -0.25) is 9.69 Å². The summed E-state index contributed by atoms with van der Waals surface area (Å²) in [5, 5.41) is 8.98. The fourth-order valence-electron chi connectivity index (χ4n) is 2.64. The molecule has 0 bridgehead atoms. The number of amidine groups is 1. The molecule has 0 N–H and O–H groups in total. The first kappa shape index (κ1) is 19.0. The monoisotopic (exact) mass is 383 g/mol. The maximum absolute atomic E-state index is 12.3. The van der Waals surface area contributed by atoms with E-state index in [0.29, 0.717) is 29.0 Å². The van der Waals surface area contributed by atoms with Crippen molar-refractivity contribution < 1.29 is 14.3 Å². The second-order valence-electron chi connectivity index (χ2n) is 5.83. The third-order valence-corrected chi connectivity index (χ3v) is 4.78. The molecule has 2 aromatic rings. The molecule has 0 spiro atoms. The lowest BCUT2D eigenvalue weighted by Gasteiger charge is -2.15. The Morgan fingerprint density at radius 2 is 2.07 bits per heavy atom. The lowest BCUT2D eigenvalue weighted by atomic mass is 10.2. The van der Waals surface area contributed by atoms with E-state index in [1.807, 2.05) is 56.3 Å². The molecular formula is C20H21N3O3S. The van der Waals surface area contributed by atoms with Crippen LogP contribution in [0.15, 0.2) is 52.7 Å². The summed E-state index contributed by atoms with van der Waals surface area (Å²) < 4.78 is 10.8. The van der Waals surface area contributed by atoms with Gasteiger partial charge in [0.15, 0.2) is 16.7 Å². The molecule has 0 unspecified atom stereocenters. The van der Waals surface area contributed by atoms with E-state index in [-0.39, 0.29) is 5.91 Å². The molecule has 140 valence electrons. The minimum atomic E-state index is 0.00212. The summed E-state index contributed by atoms with van der Waals surface area (Å²) in [6.07, 6.45) is 1.63. The van der Waals surface area contributed by atoms with Crippen LogP contribution in [0.2, 0.25) is 0 Å².